The van der Waals surface area contributed by atoms with Crippen molar-refractivity contribution in [3.8, 4) is 0 Å². The summed E-state index contributed by atoms with van der Waals surface area (Å²) in [5, 5.41) is 3.64. The number of likely N-dealkylation sites (tertiary alicyclic amines) is 1. The molecule has 2 aliphatic heterocycles. The van der Waals surface area contributed by atoms with Gasteiger partial charge in [0, 0.05) is 38.4 Å². The zero-order valence-corrected chi connectivity index (χ0v) is 16.1. The smallest absolute Gasteiger partial charge is 0.227 e. The number of aryl methyl sites for hydroxylation is 1. The second-order valence-corrected chi connectivity index (χ2v) is 7.55. The summed E-state index contributed by atoms with van der Waals surface area (Å²) >= 11 is 0. The summed E-state index contributed by atoms with van der Waals surface area (Å²) in [7, 11) is 0. The van der Waals surface area contributed by atoms with E-state index >= 15 is 0 Å². The Hall–Kier alpha value is -2.18. The van der Waals surface area contributed by atoms with Crippen molar-refractivity contribution in [1.82, 2.24) is 14.9 Å². The van der Waals surface area contributed by atoms with Gasteiger partial charge < -0.3 is 15.0 Å². The Morgan fingerprint density at radius 2 is 2.07 bits per heavy atom. The minimum atomic E-state index is 0.427. The molecule has 0 spiro atoms. The first-order valence-electron chi connectivity index (χ1n) is 9.96. The SMILES string of the molecule is Cc1cccc(CN2CCCC(Nc3ccnc(N4CCOCC4)n3)C2)c1. The van der Waals surface area contributed by atoms with Gasteiger partial charge in [-0.3, -0.25) is 4.90 Å². The summed E-state index contributed by atoms with van der Waals surface area (Å²) in [6, 6.07) is 11.2. The van der Waals surface area contributed by atoms with Gasteiger partial charge in [-0.25, -0.2) is 4.98 Å². The molecule has 2 aliphatic rings. The van der Waals surface area contributed by atoms with Crippen molar-refractivity contribution >= 4 is 11.8 Å². The Labute approximate surface area is 161 Å². The second-order valence-electron chi connectivity index (χ2n) is 7.55. The number of benzene rings is 1. The summed E-state index contributed by atoms with van der Waals surface area (Å²) < 4.78 is 5.42. The van der Waals surface area contributed by atoms with Gasteiger partial charge in [0.15, 0.2) is 0 Å². The van der Waals surface area contributed by atoms with Crippen molar-refractivity contribution < 1.29 is 4.74 Å². The molecule has 2 saturated heterocycles. The number of anilines is 2. The highest BCUT2D eigenvalue weighted by Crippen LogP contribution is 2.19. The molecule has 1 N–H and O–H groups in total. The van der Waals surface area contributed by atoms with Crippen molar-refractivity contribution in [2.45, 2.75) is 32.4 Å². The second kappa shape index (κ2) is 8.67. The van der Waals surface area contributed by atoms with Crippen LogP contribution in [0, 0.1) is 6.92 Å². The van der Waals surface area contributed by atoms with Gasteiger partial charge in [-0.15, -0.1) is 0 Å². The van der Waals surface area contributed by atoms with E-state index in [1.807, 2.05) is 12.3 Å². The summed E-state index contributed by atoms with van der Waals surface area (Å²) in [5.74, 6) is 1.73. The molecule has 3 heterocycles. The van der Waals surface area contributed by atoms with Crippen LogP contribution < -0.4 is 10.2 Å². The van der Waals surface area contributed by atoms with Gasteiger partial charge in [-0.2, -0.15) is 4.98 Å². The average molecular weight is 367 g/mol. The van der Waals surface area contributed by atoms with Crippen LogP contribution in [0.2, 0.25) is 0 Å². The van der Waals surface area contributed by atoms with Gasteiger partial charge in [0.2, 0.25) is 5.95 Å². The Balaban J connectivity index is 1.36. The topological polar surface area (TPSA) is 53.5 Å². The van der Waals surface area contributed by atoms with Gasteiger partial charge >= 0.3 is 0 Å². The molecule has 1 unspecified atom stereocenters. The molecule has 2 aromatic rings. The third-order valence-electron chi connectivity index (χ3n) is 5.28. The number of nitrogens with one attached hydrogen (secondary N) is 1. The van der Waals surface area contributed by atoms with Crippen LogP contribution in [0.5, 0.6) is 0 Å². The van der Waals surface area contributed by atoms with E-state index in [0.717, 1.165) is 57.7 Å². The fourth-order valence-corrected chi connectivity index (χ4v) is 3.94. The first-order chi connectivity index (χ1) is 13.3. The maximum atomic E-state index is 5.42. The van der Waals surface area contributed by atoms with Gasteiger partial charge in [0.05, 0.1) is 13.2 Å². The number of aromatic nitrogens is 2. The highest BCUT2D eigenvalue weighted by molar-refractivity contribution is 5.42. The van der Waals surface area contributed by atoms with Crippen molar-refractivity contribution in [2.75, 3.05) is 49.6 Å². The maximum Gasteiger partial charge on any atom is 0.227 e. The largest absolute Gasteiger partial charge is 0.378 e. The van der Waals surface area contributed by atoms with Crippen LogP contribution in [0.15, 0.2) is 36.5 Å². The first-order valence-corrected chi connectivity index (χ1v) is 9.96. The Morgan fingerprint density at radius 1 is 1.19 bits per heavy atom. The van der Waals surface area contributed by atoms with Crippen molar-refractivity contribution in [3.63, 3.8) is 0 Å². The molecular weight excluding hydrogens is 338 g/mol. The van der Waals surface area contributed by atoms with E-state index in [4.69, 9.17) is 9.72 Å². The van der Waals surface area contributed by atoms with E-state index < -0.39 is 0 Å². The molecule has 1 atom stereocenters. The van der Waals surface area contributed by atoms with Gasteiger partial charge in [0.1, 0.15) is 5.82 Å². The van der Waals surface area contributed by atoms with Crippen molar-refractivity contribution in [2.24, 2.45) is 0 Å². The number of ether oxygens (including phenoxy) is 1. The molecule has 6 heteroatoms. The van der Waals surface area contributed by atoms with Crippen molar-refractivity contribution in [3.05, 3.63) is 47.7 Å². The maximum absolute atomic E-state index is 5.42. The standard InChI is InChI=1S/C21H29N5O/c1-17-4-2-5-18(14-17)15-25-9-3-6-19(16-25)23-20-7-8-22-21(24-20)26-10-12-27-13-11-26/h2,4-5,7-8,14,19H,3,6,9-13,15-16H2,1H3,(H,22,23,24). The van der Waals surface area contributed by atoms with E-state index in [1.165, 1.54) is 24.0 Å². The fourth-order valence-electron chi connectivity index (χ4n) is 3.94. The first kappa shape index (κ1) is 18.2. The molecule has 0 amide bonds. The molecule has 2 fully saturated rings. The lowest BCUT2D eigenvalue weighted by Crippen LogP contribution is -2.42. The van der Waals surface area contributed by atoms with E-state index in [0.29, 0.717) is 6.04 Å². The van der Waals surface area contributed by atoms with Gasteiger partial charge in [-0.05, 0) is 37.9 Å². The molecule has 1 aromatic heterocycles. The minimum Gasteiger partial charge on any atom is -0.378 e. The van der Waals surface area contributed by atoms with Gasteiger partial charge in [-0.1, -0.05) is 29.8 Å². The Kier molecular flexibility index (Phi) is 5.84. The number of rotatable bonds is 5. The van der Waals surface area contributed by atoms with Crippen LogP contribution >= 0.6 is 0 Å². The zero-order chi connectivity index (χ0) is 18.5. The molecule has 144 valence electrons. The highest BCUT2D eigenvalue weighted by atomic mass is 16.5. The summed E-state index contributed by atoms with van der Waals surface area (Å²) in [6.45, 7) is 8.59. The minimum absolute atomic E-state index is 0.427. The van der Waals surface area contributed by atoms with E-state index in [2.05, 4.69) is 51.3 Å². The van der Waals surface area contributed by atoms with Gasteiger partial charge in [0.25, 0.3) is 0 Å². The highest BCUT2D eigenvalue weighted by Gasteiger charge is 2.21. The Bertz CT molecular complexity index is 747. The lowest BCUT2D eigenvalue weighted by molar-refractivity contribution is 0.122. The zero-order valence-electron chi connectivity index (χ0n) is 16.1. The molecule has 27 heavy (non-hydrogen) atoms. The van der Waals surface area contributed by atoms with Crippen LogP contribution in [0.1, 0.15) is 24.0 Å². The average Bonchev–Trinajstić information content (AvgIpc) is 2.69. The van der Waals surface area contributed by atoms with Crippen LogP contribution in [-0.4, -0.2) is 60.3 Å². The molecular formula is C21H29N5O. The van der Waals surface area contributed by atoms with E-state index in [1.54, 1.807) is 0 Å². The molecule has 0 aliphatic carbocycles. The van der Waals surface area contributed by atoms with Crippen LogP contribution in [-0.2, 0) is 11.3 Å². The normalized spacial score (nSPS) is 21.2. The molecule has 0 bridgehead atoms. The fraction of sp³-hybridized carbons (Fsp3) is 0.524. The third-order valence-corrected chi connectivity index (χ3v) is 5.28. The Morgan fingerprint density at radius 3 is 2.93 bits per heavy atom. The number of hydrogen-bond acceptors (Lipinski definition) is 6. The van der Waals surface area contributed by atoms with Crippen LogP contribution in [0.4, 0.5) is 11.8 Å². The van der Waals surface area contributed by atoms with E-state index in [9.17, 15) is 0 Å². The van der Waals surface area contributed by atoms with Crippen LogP contribution in [0.25, 0.3) is 0 Å². The lowest BCUT2D eigenvalue weighted by atomic mass is 10.0. The number of morpholine rings is 1. The lowest BCUT2D eigenvalue weighted by Gasteiger charge is -2.33. The molecule has 0 radical (unpaired) electrons. The number of nitrogens with zero attached hydrogens (tertiary/aromatic N) is 4. The predicted octanol–water partition coefficient (Wildman–Crippen LogP) is 2.70. The molecule has 0 saturated carbocycles. The summed E-state index contributed by atoms with van der Waals surface area (Å²) in [6.07, 6.45) is 4.25. The van der Waals surface area contributed by atoms with E-state index in [-0.39, 0.29) is 0 Å². The van der Waals surface area contributed by atoms with Crippen LogP contribution in [0.3, 0.4) is 0 Å². The number of piperidine rings is 1. The monoisotopic (exact) mass is 367 g/mol. The quantitative estimate of drug-likeness (QED) is 0.877. The molecule has 1 aromatic carbocycles. The number of hydrogen-bond donors (Lipinski definition) is 1. The van der Waals surface area contributed by atoms with Crippen molar-refractivity contribution in [1.29, 1.82) is 0 Å². The summed E-state index contributed by atoms with van der Waals surface area (Å²) in [4.78, 5) is 13.9. The molecule has 6 nitrogen and oxygen atoms in total. The predicted molar refractivity (Wildman–Crippen MR) is 108 cm³/mol. The molecule has 4 rings (SSSR count). The summed E-state index contributed by atoms with van der Waals surface area (Å²) in [5.41, 5.74) is 2.73. The third kappa shape index (κ3) is 4.96.